The number of ether oxygens (including phenoxy) is 2. The number of nitrogens with one attached hydrogen (secondary N) is 1. The van der Waals surface area contributed by atoms with E-state index < -0.39 is 29.7 Å². The molecule has 0 saturated carbocycles. The number of aliphatic carboxylic acids is 1. The Bertz CT molecular complexity index is 912. The summed E-state index contributed by atoms with van der Waals surface area (Å²) in [6, 6.07) is 17.7. The molecule has 0 unspecified atom stereocenters. The zero-order valence-corrected chi connectivity index (χ0v) is 21.2. The van der Waals surface area contributed by atoms with E-state index in [2.05, 4.69) is 5.32 Å². The number of hydrogen-bond donors (Lipinski definition) is 3. The maximum atomic E-state index is 11.8. The van der Waals surface area contributed by atoms with Gasteiger partial charge in [-0.3, -0.25) is 4.79 Å². The minimum Gasteiger partial charge on any atom is -0.480 e. The summed E-state index contributed by atoms with van der Waals surface area (Å²) in [5.74, 6) is -1.54. The number of rotatable bonds is 9. The summed E-state index contributed by atoms with van der Waals surface area (Å²) in [6.45, 7) is 9.10. The van der Waals surface area contributed by atoms with E-state index in [9.17, 15) is 14.4 Å². The first kappa shape index (κ1) is 29.6. The van der Waals surface area contributed by atoms with Crippen molar-refractivity contribution < 1.29 is 29.0 Å². The van der Waals surface area contributed by atoms with Crippen molar-refractivity contribution in [1.29, 1.82) is 0 Å². The van der Waals surface area contributed by atoms with Gasteiger partial charge in [0.2, 0.25) is 0 Å². The lowest BCUT2D eigenvalue weighted by atomic mass is 10.00. The standard InChI is InChI=1S/C16H17NO2.C11H21NO4/c17-15(11-13-7-3-1-4-8-13)16(18)19-12-14-9-5-2-6-10-14;1-6-7(2)8(9(13)14)12-10(15)16-11(3,4)5/h1-10,15H,11-12,17H2;7-8H,6H2,1-5H3,(H,12,15)(H,13,14)/t15-;7-,8-/m00/s1. The predicted molar refractivity (Wildman–Crippen MR) is 135 cm³/mol. The highest BCUT2D eigenvalue weighted by Crippen LogP contribution is 2.11. The van der Waals surface area contributed by atoms with Crippen molar-refractivity contribution in [3.63, 3.8) is 0 Å². The molecular weight excluding hydrogens is 448 g/mol. The van der Waals surface area contributed by atoms with E-state index in [0.29, 0.717) is 12.8 Å². The van der Waals surface area contributed by atoms with Gasteiger partial charge in [0.15, 0.2) is 0 Å². The van der Waals surface area contributed by atoms with Crippen LogP contribution in [0.3, 0.4) is 0 Å². The third-order valence-electron chi connectivity index (χ3n) is 4.98. The van der Waals surface area contributed by atoms with Crippen molar-refractivity contribution in [2.24, 2.45) is 11.7 Å². The topological polar surface area (TPSA) is 128 Å². The Hall–Kier alpha value is -3.39. The van der Waals surface area contributed by atoms with Crippen molar-refractivity contribution in [3.05, 3.63) is 71.8 Å². The average molecular weight is 487 g/mol. The number of nitrogens with two attached hydrogens (primary N) is 1. The van der Waals surface area contributed by atoms with Crippen LogP contribution in [0.15, 0.2) is 60.7 Å². The number of carbonyl (C=O) groups excluding carboxylic acids is 2. The second-order valence-corrected chi connectivity index (χ2v) is 9.24. The molecule has 0 heterocycles. The summed E-state index contributed by atoms with van der Waals surface area (Å²) >= 11 is 0. The SMILES string of the molecule is CC[C@H](C)[C@H](NC(=O)OC(C)(C)C)C(=O)O.N[C@@H](Cc1ccccc1)C(=O)OCc1ccccc1. The Kier molecular flexibility index (Phi) is 12.5. The molecule has 0 aromatic heterocycles. The highest BCUT2D eigenvalue weighted by molar-refractivity contribution is 5.80. The Labute approximate surface area is 207 Å². The second-order valence-electron chi connectivity index (χ2n) is 9.24. The predicted octanol–water partition coefficient (Wildman–Crippen LogP) is 4.31. The highest BCUT2D eigenvalue weighted by atomic mass is 16.6. The van der Waals surface area contributed by atoms with Gasteiger partial charge in [0, 0.05) is 0 Å². The third-order valence-corrected chi connectivity index (χ3v) is 4.98. The molecule has 1 amide bonds. The smallest absolute Gasteiger partial charge is 0.408 e. The van der Waals surface area contributed by atoms with Gasteiger partial charge in [-0.1, -0.05) is 80.9 Å². The van der Waals surface area contributed by atoms with Gasteiger partial charge in [-0.25, -0.2) is 9.59 Å². The van der Waals surface area contributed by atoms with Crippen LogP contribution in [-0.2, 0) is 32.1 Å². The lowest BCUT2D eigenvalue weighted by Crippen LogP contribution is -2.46. The number of carboxylic acid groups (broad SMARTS) is 1. The van der Waals surface area contributed by atoms with Gasteiger partial charge in [-0.05, 0) is 44.2 Å². The Morgan fingerprint density at radius 2 is 1.49 bits per heavy atom. The minimum atomic E-state index is -1.04. The van der Waals surface area contributed by atoms with Gasteiger partial charge in [-0.15, -0.1) is 0 Å². The monoisotopic (exact) mass is 486 g/mol. The molecule has 0 bridgehead atoms. The first-order valence-corrected chi connectivity index (χ1v) is 11.6. The van der Waals surface area contributed by atoms with E-state index in [1.165, 1.54) is 0 Å². The first-order valence-electron chi connectivity index (χ1n) is 11.6. The molecule has 2 aromatic rings. The maximum Gasteiger partial charge on any atom is 0.408 e. The average Bonchev–Trinajstić information content (AvgIpc) is 2.81. The number of carbonyl (C=O) groups is 3. The quantitative estimate of drug-likeness (QED) is 0.451. The van der Waals surface area contributed by atoms with E-state index >= 15 is 0 Å². The molecule has 3 atom stereocenters. The number of hydrogen-bond acceptors (Lipinski definition) is 6. The molecule has 0 aliphatic rings. The van der Waals surface area contributed by atoms with Crippen molar-refractivity contribution in [1.82, 2.24) is 5.32 Å². The van der Waals surface area contributed by atoms with Gasteiger partial charge in [-0.2, -0.15) is 0 Å². The summed E-state index contributed by atoms with van der Waals surface area (Å²) in [7, 11) is 0. The molecule has 0 aliphatic carbocycles. The molecule has 8 heteroatoms. The molecule has 2 aromatic carbocycles. The molecule has 0 spiro atoms. The number of carboxylic acids is 1. The van der Waals surface area contributed by atoms with E-state index in [0.717, 1.165) is 11.1 Å². The van der Waals surface area contributed by atoms with Crippen molar-refractivity contribution >= 4 is 18.0 Å². The summed E-state index contributed by atoms with van der Waals surface area (Å²) in [6.07, 6.45) is 0.474. The van der Waals surface area contributed by atoms with Crippen LogP contribution < -0.4 is 11.1 Å². The third kappa shape index (κ3) is 12.6. The van der Waals surface area contributed by atoms with Crippen LogP contribution in [0, 0.1) is 5.92 Å². The van der Waals surface area contributed by atoms with Gasteiger partial charge in [0.05, 0.1) is 0 Å². The van der Waals surface area contributed by atoms with Crippen LogP contribution in [0.4, 0.5) is 4.79 Å². The van der Waals surface area contributed by atoms with Gasteiger partial charge in [0.25, 0.3) is 0 Å². The largest absolute Gasteiger partial charge is 0.480 e. The molecule has 8 nitrogen and oxygen atoms in total. The molecule has 0 fully saturated rings. The fourth-order valence-corrected chi connectivity index (χ4v) is 2.90. The zero-order valence-electron chi connectivity index (χ0n) is 21.2. The van der Waals surface area contributed by atoms with Crippen molar-refractivity contribution in [3.8, 4) is 0 Å². The molecular formula is C27H38N2O6. The number of esters is 1. The van der Waals surface area contributed by atoms with E-state index in [1.807, 2.05) is 67.6 Å². The minimum absolute atomic E-state index is 0.134. The molecule has 0 aliphatic heterocycles. The molecule has 0 saturated heterocycles. The molecule has 35 heavy (non-hydrogen) atoms. The van der Waals surface area contributed by atoms with Crippen LogP contribution >= 0.6 is 0 Å². The maximum absolute atomic E-state index is 11.8. The summed E-state index contributed by atoms with van der Waals surface area (Å²) in [5.41, 5.74) is 7.21. The fraction of sp³-hybridized carbons (Fsp3) is 0.444. The summed E-state index contributed by atoms with van der Waals surface area (Å²) < 4.78 is 10.2. The van der Waals surface area contributed by atoms with E-state index in [-0.39, 0.29) is 18.5 Å². The van der Waals surface area contributed by atoms with Gasteiger partial charge in [0.1, 0.15) is 24.3 Å². The first-order chi connectivity index (χ1) is 16.4. The molecule has 2 rings (SSSR count). The van der Waals surface area contributed by atoms with Crippen LogP contribution in [0.2, 0.25) is 0 Å². The van der Waals surface area contributed by atoms with Gasteiger partial charge < -0.3 is 25.6 Å². The van der Waals surface area contributed by atoms with Crippen LogP contribution in [0.1, 0.15) is 52.2 Å². The van der Waals surface area contributed by atoms with Crippen molar-refractivity contribution in [2.45, 2.75) is 71.8 Å². The highest BCUT2D eigenvalue weighted by Gasteiger charge is 2.27. The molecule has 0 radical (unpaired) electrons. The van der Waals surface area contributed by atoms with E-state index in [1.54, 1.807) is 27.7 Å². The second kappa shape index (κ2) is 14.8. The molecule has 4 N–H and O–H groups in total. The zero-order chi connectivity index (χ0) is 26.4. The lowest BCUT2D eigenvalue weighted by molar-refractivity contribution is -0.146. The number of benzene rings is 2. The van der Waals surface area contributed by atoms with Crippen LogP contribution in [-0.4, -0.2) is 40.8 Å². The van der Waals surface area contributed by atoms with E-state index in [4.69, 9.17) is 20.3 Å². The lowest BCUT2D eigenvalue weighted by Gasteiger charge is -2.24. The Morgan fingerprint density at radius 1 is 0.971 bits per heavy atom. The Morgan fingerprint density at radius 3 is 1.94 bits per heavy atom. The summed E-state index contributed by atoms with van der Waals surface area (Å²) in [5, 5.41) is 11.3. The fourth-order valence-electron chi connectivity index (χ4n) is 2.90. The van der Waals surface area contributed by atoms with Crippen molar-refractivity contribution in [2.75, 3.05) is 0 Å². The number of alkyl carbamates (subject to hydrolysis) is 1. The molecule has 192 valence electrons. The van der Waals surface area contributed by atoms with Crippen LogP contribution in [0.25, 0.3) is 0 Å². The Balaban J connectivity index is 0.000000357. The number of amides is 1. The normalized spacial score (nSPS) is 13.3. The van der Waals surface area contributed by atoms with Crippen LogP contribution in [0.5, 0.6) is 0 Å². The van der Waals surface area contributed by atoms with Gasteiger partial charge >= 0.3 is 18.0 Å². The summed E-state index contributed by atoms with van der Waals surface area (Å²) in [4.78, 5) is 34.1.